The lowest BCUT2D eigenvalue weighted by Crippen LogP contribution is -2.44. The second-order valence-corrected chi connectivity index (χ2v) is 7.85. The van der Waals surface area contributed by atoms with Gasteiger partial charge < -0.3 is 10.0 Å². The van der Waals surface area contributed by atoms with Crippen LogP contribution in [0.2, 0.25) is 0 Å². The molecule has 26 heavy (non-hydrogen) atoms. The number of nitrogens with zero attached hydrogens (tertiary/aromatic N) is 3. The van der Waals surface area contributed by atoms with Crippen molar-refractivity contribution in [3.05, 3.63) is 53.1 Å². The summed E-state index contributed by atoms with van der Waals surface area (Å²) in [5.74, 6) is 0.0510. The number of carbonyl (C=O) groups is 1. The van der Waals surface area contributed by atoms with Crippen LogP contribution in [0.3, 0.4) is 0 Å². The van der Waals surface area contributed by atoms with Crippen LogP contribution in [0, 0.1) is 11.7 Å². The highest BCUT2D eigenvalue weighted by atomic mass is 19.1. The van der Waals surface area contributed by atoms with Gasteiger partial charge in [-0.3, -0.25) is 9.48 Å². The molecule has 2 aromatic rings. The molecule has 2 fully saturated rings. The van der Waals surface area contributed by atoms with Crippen LogP contribution in [0.4, 0.5) is 4.39 Å². The lowest BCUT2D eigenvalue weighted by atomic mass is 9.93. The van der Waals surface area contributed by atoms with Gasteiger partial charge in [0.15, 0.2) is 0 Å². The van der Waals surface area contributed by atoms with Gasteiger partial charge in [0.2, 0.25) is 5.91 Å². The SMILES string of the molecule is O=C(N1CCn2nc([C@H](O)C3CC3)cc2C1)C1(c2ccccc2F)CC1. The molecule has 1 aromatic heterocycles. The molecule has 1 atom stereocenters. The Morgan fingerprint density at radius 2 is 2.04 bits per heavy atom. The topological polar surface area (TPSA) is 58.4 Å². The maximum atomic E-state index is 14.3. The molecule has 136 valence electrons. The number of fused-ring (bicyclic) bond motifs is 1. The molecule has 2 aliphatic carbocycles. The number of hydrogen-bond acceptors (Lipinski definition) is 3. The Bertz CT molecular complexity index is 870. The molecule has 1 aromatic carbocycles. The molecular formula is C20H22FN3O2. The summed E-state index contributed by atoms with van der Waals surface area (Å²) in [7, 11) is 0. The van der Waals surface area contributed by atoms with E-state index in [4.69, 9.17) is 0 Å². The van der Waals surface area contributed by atoms with Crippen LogP contribution in [0.1, 0.15) is 48.7 Å². The lowest BCUT2D eigenvalue weighted by Gasteiger charge is -2.31. The summed E-state index contributed by atoms with van der Waals surface area (Å²) in [4.78, 5) is 15.0. The molecule has 0 saturated heterocycles. The minimum absolute atomic E-state index is 0.0133. The molecule has 6 heteroatoms. The quantitative estimate of drug-likeness (QED) is 0.917. The third-order valence-corrected chi connectivity index (χ3v) is 6.02. The molecule has 0 spiro atoms. The van der Waals surface area contributed by atoms with Crippen LogP contribution in [0.25, 0.3) is 0 Å². The maximum Gasteiger partial charge on any atom is 0.233 e. The Kier molecular flexibility index (Phi) is 3.47. The monoisotopic (exact) mass is 355 g/mol. The molecule has 5 nitrogen and oxygen atoms in total. The van der Waals surface area contributed by atoms with Crippen LogP contribution in [-0.2, 0) is 23.3 Å². The Morgan fingerprint density at radius 1 is 1.27 bits per heavy atom. The van der Waals surface area contributed by atoms with Gasteiger partial charge in [0, 0.05) is 12.1 Å². The second kappa shape index (κ2) is 5.64. The number of aliphatic hydroxyl groups is 1. The maximum absolute atomic E-state index is 14.3. The van der Waals surface area contributed by atoms with E-state index in [2.05, 4.69) is 5.10 Å². The summed E-state index contributed by atoms with van der Waals surface area (Å²) in [5.41, 5.74) is 1.49. The van der Waals surface area contributed by atoms with E-state index in [1.54, 1.807) is 18.2 Å². The van der Waals surface area contributed by atoms with E-state index < -0.39 is 11.5 Å². The van der Waals surface area contributed by atoms with Crippen molar-refractivity contribution < 1.29 is 14.3 Å². The number of aliphatic hydroxyl groups excluding tert-OH is 1. The molecule has 2 heterocycles. The van der Waals surface area contributed by atoms with Gasteiger partial charge in [-0.25, -0.2) is 4.39 Å². The third-order valence-electron chi connectivity index (χ3n) is 6.02. The molecule has 0 radical (unpaired) electrons. The lowest BCUT2D eigenvalue weighted by molar-refractivity contribution is -0.135. The van der Waals surface area contributed by atoms with Crippen molar-refractivity contribution in [1.29, 1.82) is 0 Å². The van der Waals surface area contributed by atoms with E-state index in [9.17, 15) is 14.3 Å². The van der Waals surface area contributed by atoms with Gasteiger partial charge >= 0.3 is 0 Å². The number of halogens is 1. The van der Waals surface area contributed by atoms with Gasteiger partial charge in [-0.1, -0.05) is 18.2 Å². The Hall–Kier alpha value is -2.21. The first kappa shape index (κ1) is 16.0. The third kappa shape index (κ3) is 2.47. The standard InChI is InChI=1S/C20H22FN3O2/c21-16-4-2-1-3-15(16)20(7-8-20)19(26)23-9-10-24-14(12-23)11-17(22-24)18(25)13-5-6-13/h1-4,11,13,18,25H,5-10,12H2/t18-/m1/s1. The molecule has 0 bridgehead atoms. The highest BCUT2D eigenvalue weighted by Gasteiger charge is 2.54. The number of benzene rings is 1. The molecule has 1 amide bonds. The summed E-state index contributed by atoms with van der Waals surface area (Å²) in [6.07, 6.45) is 3.02. The van der Waals surface area contributed by atoms with Crippen molar-refractivity contribution >= 4 is 5.91 Å². The smallest absolute Gasteiger partial charge is 0.233 e. The van der Waals surface area contributed by atoms with E-state index in [0.29, 0.717) is 49.7 Å². The first-order valence-electron chi connectivity index (χ1n) is 9.37. The number of rotatable bonds is 4. The fourth-order valence-electron chi connectivity index (χ4n) is 4.14. The Labute approximate surface area is 151 Å². The second-order valence-electron chi connectivity index (χ2n) is 7.85. The average Bonchev–Trinajstić information content (AvgIpc) is 3.57. The van der Waals surface area contributed by atoms with Gasteiger partial charge in [0.05, 0.1) is 29.9 Å². The summed E-state index contributed by atoms with van der Waals surface area (Å²) >= 11 is 0. The number of hydrogen-bond donors (Lipinski definition) is 1. The summed E-state index contributed by atoms with van der Waals surface area (Å²) in [5, 5.41) is 14.8. The molecule has 0 unspecified atom stereocenters. The van der Waals surface area contributed by atoms with Gasteiger partial charge in [-0.15, -0.1) is 0 Å². The summed E-state index contributed by atoms with van der Waals surface area (Å²) < 4.78 is 16.1. The number of carbonyl (C=O) groups excluding carboxylic acids is 1. The summed E-state index contributed by atoms with van der Waals surface area (Å²) in [6.45, 7) is 1.66. The van der Waals surface area contributed by atoms with E-state index in [1.165, 1.54) is 6.07 Å². The Balaban J connectivity index is 1.37. The van der Waals surface area contributed by atoms with E-state index in [0.717, 1.165) is 18.5 Å². The van der Waals surface area contributed by atoms with E-state index in [-0.39, 0.29) is 11.7 Å². The normalized spacial score (nSPS) is 22.0. The van der Waals surface area contributed by atoms with Crippen molar-refractivity contribution in [2.75, 3.05) is 6.54 Å². The molecule has 2 saturated carbocycles. The zero-order chi connectivity index (χ0) is 17.9. The first-order chi connectivity index (χ1) is 12.6. The molecule has 1 N–H and O–H groups in total. The minimum Gasteiger partial charge on any atom is -0.386 e. The molecule has 1 aliphatic heterocycles. The molecule has 5 rings (SSSR count). The van der Waals surface area contributed by atoms with Crippen molar-refractivity contribution in [2.24, 2.45) is 5.92 Å². The van der Waals surface area contributed by atoms with Crippen LogP contribution in [0.15, 0.2) is 30.3 Å². The Morgan fingerprint density at radius 3 is 2.73 bits per heavy atom. The van der Waals surface area contributed by atoms with E-state index in [1.807, 2.05) is 15.6 Å². The fourth-order valence-corrected chi connectivity index (χ4v) is 4.14. The minimum atomic E-state index is -0.691. The first-order valence-corrected chi connectivity index (χ1v) is 9.37. The zero-order valence-electron chi connectivity index (χ0n) is 14.6. The largest absolute Gasteiger partial charge is 0.386 e. The molecular weight excluding hydrogens is 333 g/mol. The van der Waals surface area contributed by atoms with Crippen molar-refractivity contribution in [3.8, 4) is 0 Å². The van der Waals surface area contributed by atoms with Crippen LogP contribution < -0.4 is 0 Å². The van der Waals surface area contributed by atoms with Crippen LogP contribution >= 0.6 is 0 Å². The average molecular weight is 355 g/mol. The van der Waals surface area contributed by atoms with Crippen LogP contribution in [0.5, 0.6) is 0 Å². The van der Waals surface area contributed by atoms with Gasteiger partial charge in [-0.2, -0.15) is 5.10 Å². The predicted octanol–water partition coefficient (Wildman–Crippen LogP) is 2.54. The molecule has 3 aliphatic rings. The highest BCUT2D eigenvalue weighted by molar-refractivity contribution is 5.91. The van der Waals surface area contributed by atoms with Crippen molar-refractivity contribution in [2.45, 2.75) is 50.3 Å². The van der Waals surface area contributed by atoms with Crippen molar-refractivity contribution in [1.82, 2.24) is 14.7 Å². The predicted molar refractivity (Wildman–Crippen MR) is 92.6 cm³/mol. The van der Waals surface area contributed by atoms with Crippen molar-refractivity contribution in [3.63, 3.8) is 0 Å². The van der Waals surface area contributed by atoms with Gasteiger partial charge in [0.25, 0.3) is 0 Å². The van der Waals surface area contributed by atoms with Crippen LogP contribution in [-0.4, -0.2) is 32.2 Å². The fraction of sp³-hybridized carbons (Fsp3) is 0.500. The van der Waals surface area contributed by atoms with Gasteiger partial charge in [0.1, 0.15) is 11.9 Å². The zero-order valence-corrected chi connectivity index (χ0v) is 14.6. The summed E-state index contributed by atoms with van der Waals surface area (Å²) in [6, 6.07) is 8.54. The number of aromatic nitrogens is 2. The van der Waals surface area contributed by atoms with Gasteiger partial charge in [-0.05, 0) is 43.7 Å². The van der Waals surface area contributed by atoms with E-state index >= 15 is 0 Å². The number of amides is 1. The highest BCUT2D eigenvalue weighted by Crippen LogP contribution is 2.50.